The number of sulfonamides is 1. The van der Waals surface area contributed by atoms with Crippen LogP contribution in [0.5, 0.6) is 0 Å². The van der Waals surface area contributed by atoms with Gasteiger partial charge in [0, 0.05) is 31.4 Å². The molecule has 1 unspecified atom stereocenters. The molecular formula is C26H45N3O4S. The maximum absolute atomic E-state index is 13.3. The molecule has 1 aliphatic heterocycles. The third kappa shape index (κ3) is 9.92. The number of carbonyl (C=O) groups is 1. The van der Waals surface area contributed by atoms with Crippen LogP contribution in [0.25, 0.3) is 0 Å². The van der Waals surface area contributed by atoms with Crippen molar-refractivity contribution < 1.29 is 17.9 Å². The lowest BCUT2D eigenvalue weighted by Gasteiger charge is -2.35. The number of anilines is 1. The molecule has 2 rings (SSSR count). The molecule has 0 radical (unpaired) electrons. The number of hydrogen-bond acceptors (Lipinski definition) is 5. The molecule has 8 heteroatoms. The lowest BCUT2D eigenvalue weighted by atomic mass is 10.0. The number of carbonyl (C=O) groups excluding carboxylic acids is 1. The molecule has 1 saturated heterocycles. The Balaban J connectivity index is 1.77. The first-order valence-electron chi connectivity index (χ1n) is 13.3. The second kappa shape index (κ2) is 16.1. The minimum Gasteiger partial charge on any atom is -0.450 e. The molecule has 0 aromatic heterocycles. The van der Waals surface area contributed by atoms with Crippen molar-refractivity contribution in [3.8, 4) is 0 Å². The van der Waals surface area contributed by atoms with E-state index in [0.29, 0.717) is 25.3 Å². The molecule has 1 heterocycles. The van der Waals surface area contributed by atoms with Gasteiger partial charge in [-0.05, 0) is 37.6 Å². The average Bonchev–Trinajstić information content (AvgIpc) is 2.83. The van der Waals surface area contributed by atoms with Crippen molar-refractivity contribution in [2.75, 3.05) is 31.6 Å². The summed E-state index contributed by atoms with van der Waals surface area (Å²) in [5.41, 5.74) is 0.509. The van der Waals surface area contributed by atoms with E-state index >= 15 is 0 Å². The van der Waals surface area contributed by atoms with Gasteiger partial charge in [-0.25, -0.2) is 13.2 Å². The highest BCUT2D eigenvalue weighted by atomic mass is 32.2. The van der Waals surface area contributed by atoms with E-state index in [-0.39, 0.29) is 17.5 Å². The number of nitrogens with one attached hydrogen (secondary N) is 2. The van der Waals surface area contributed by atoms with Crippen molar-refractivity contribution in [3.05, 3.63) is 24.3 Å². The monoisotopic (exact) mass is 495 g/mol. The van der Waals surface area contributed by atoms with E-state index in [4.69, 9.17) is 4.74 Å². The predicted molar refractivity (Wildman–Crippen MR) is 139 cm³/mol. The topological polar surface area (TPSA) is 87.7 Å². The summed E-state index contributed by atoms with van der Waals surface area (Å²) in [7, 11) is -3.58. The van der Waals surface area contributed by atoms with Crippen LogP contribution in [0.15, 0.2) is 29.2 Å². The molecule has 0 spiro atoms. The van der Waals surface area contributed by atoms with Crippen LogP contribution in [-0.4, -0.2) is 51.1 Å². The first-order chi connectivity index (χ1) is 16.5. The van der Waals surface area contributed by atoms with Crippen LogP contribution in [-0.2, 0) is 14.8 Å². The summed E-state index contributed by atoms with van der Waals surface area (Å²) in [5.74, 6) is 0. The summed E-state index contributed by atoms with van der Waals surface area (Å²) in [6.07, 6.45) is 14.5. The summed E-state index contributed by atoms with van der Waals surface area (Å²) in [6, 6.07) is 6.29. The molecule has 0 aliphatic carbocycles. The molecule has 34 heavy (non-hydrogen) atoms. The van der Waals surface area contributed by atoms with Gasteiger partial charge in [0.1, 0.15) is 0 Å². The Bertz CT molecular complexity index is 799. The van der Waals surface area contributed by atoms with E-state index in [1.165, 1.54) is 57.8 Å². The van der Waals surface area contributed by atoms with Crippen LogP contribution < -0.4 is 10.6 Å². The van der Waals surface area contributed by atoms with Crippen LogP contribution >= 0.6 is 0 Å². The number of piperazine rings is 1. The Morgan fingerprint density at radius 1 is 0.971 bits per heavy atom. The minimum absolute atomic E-state index is 0.0188. The second-order valence-electron chi connectivity index (χ2n) is 9.17. The number of hydrogen-bond donors (Lipinski definition) is 2. The summed E-state index contributed by atoms with van der Waals surface area (Å²) in [5, 5.41) is 5.95. The molecule has 194 valence electrons. The molecule has 0 bridgehead atoms. The second-order valence-corrected chi connectivity index (χ2v) is 11.1. The van der Waals surface area contributed by atoms with Gasteiger partial charge < -0.3 is 10.1 Å². The third-order valence-electron chi connectivity index (χ3n) is 6.42. The SMILES string of the molecule is CCCCCCCCCCCCCC1CNCCN1S(=O)(=O)c1ccc(NC(=O)OCC)cc1. The van der Waals surface area contributed by atoms with Crippen LogP contribution in [0.1, 0.15) is 90.9 Å². The van der Waals surface area contributed by atoms with Crippen molar-refractivity contribution in [3.63, 3.8) is 0 Å². The number of nitrogens with zero attached hydrogens (tertiary/aromatic N) is 1. The zero-order chi connectivity index (χ0) is 24.7. The molecule has 2 N–H and O–H groups in total. The minimum atomic E-state index is -3.58. The largest absolute Gasteiger partial charge is 0.450 e. The summed E-state index contributed by atoms with van der Waals surface area (Å²) < 4.78 is 33.2. The van der Waals surface area contributed by atoms with Gasteiger partial charge in [0.15, 0.2) is 0 Å². The fourth-order valence-electron chi connectivity index (χ4n) is 4.48. The molecular weight excluding hydrogens is 450 g/mol. The van der Waals surface area contributed by atoms with E-state index in [9.17, 15) is 13.2 Å². The number of rotatable bonds is 16. The van der Waals surface area contributed by atoms with Gasteiger partial charge in [-0.2, -0.15) is 4.31 Å². The first-order valence-corrected chi connectivity index (χ1v) is 14.7. The predicted octanol–water partition coefficient (Wildman–Crippen LogP) is 5.92. The first kappa shape index (κ1) is 28.6. The zero-order valence-electron chi connectivity index (χ0n) is 21.2. The highest BCUT2D eigenvalue weighted by Gasteiger charge is 2.33. The summed E-state index contributed by atoms with van der Waals surface area (Å²) >= 11 is 0. The van der Waals surface area contributed by atoms with Gasteiger partial charge >= 0.3 is 6.09 Å². The van der Waals surface area contributed by atoms with E-state index in [1.807, 2.05) is 0 Å². The molecule has 1 fully saturated rings. The smallest absolute Gasteiger partial charge is 0.411 e. The van der Waals surface area contributed by atoms with Crippen molar-refractivity contribution >= 4 is 21.8 Å². The Morgan fingerprint density at radius 3 is 2.15 bits per heavy atom. The van der Waals surface area contributed by atoms with Crippen molar-refractivity contribution in [1.82, 2.24) is 9.62 Å². The lowest BCUT2D eigenvalue weighted by Crippen LogP contribution is -2.53. The van der Waals surface area contributed by atoms with Crippen LogP contribution in [0.4, 0.5) is 10.5 Å². The third-order valence-corrected chi connectivity index (χ3v) is 8.39. The van der Waals surface area contributed by atoms with Gasteiger partial charge in [-0.3, -0.25) is 5.32 Å². The maximum atomic E-state index is 13.3. The molecule has 1 aromatic carbocycles. The van der Waals surface area contributed by atoms with Crippen LogP contribution in [0.3, 0.4) is 0 Å². The fraction of sp³-hybridized carbons (Fsp3) is 0.731. The van der Waals surface area contributed by atoms with Crippen molar-refractivity contribution in [2.24, 2.45) is 0 Å². The molecule has 1 amide bonds. The molecule has 0 saturated carbocycles. The Kier molecular flexibility index (Phi) is 13.5. The molecule has 1 atom stereocenters. The summed E-state index contributed by atoms with van der Waals surface area (Å²) in [6.45, 7) is 6.10. The van der Waals surface area contributed by atoms with Crippen molar-refractivity contribution in [2.45, 2.75) is 102 Å². The Labute approximate surface area is 207 Å². The highest BCUT2D eigenvalue weighted by molar-refractivity contribution is 7.89. The average molecular weight is 496 g/mol. The van der Waals surface area contributed by atoms with Gasteiger partial charge in [-0.15, -0.1) is 0 Å². The summed E-state index contributed by atoms with van der Waals surface area (Å²) in [4.78, 5) is 11.8. The normalized spacial score (nSPS) is 16.9. The van der Waals surface area contributed by atoms with E-state index in [0.717, 1.165) is 19.3 Å². The number of ether oxygens (including phenoxy) is 1. The fourth-order valence-corrected chi connectivity index (χ4v) is 6.13. The van der Waals surface area contributed by atoms with Crippen LogP contribution in [0, 0.1) is 0 Å². The quantitative estimate of drug-likeness (QED) is 0.278. The van der Waals surface area contributed by atoms with E-state index < -0.39 is 16.1 Å². The molecule has 7 nitrogen and oxygen atoms in total. The number of amides is 1. The Hall–Kier alpha value is -1.64. The van der Waals surface area contributed by atoms with E-state index in [1.54, 1.807) is 35.5 Å². The van der Waals surface area contributed by atoms with E-state index in [2.05, 4.69) is 17.6 Å². The van der Waals surface area contributed by atoms with Gasteiger partial charge in [-0.1, -0.05) is 77.6 Å². The standard InChI is InChI=1S/C26H45N3O4S/c1-3-5-6-7-8-9-10-11-12-13-14-15-24-22-27-20-21-29(24)34(31,32)25-18-16-23(17-19-25)28-26(30)33-4-2/h16-19,24,27H,3-15,20-22H2,1-2H3,(H,28,30). The molecule has 1 aliphatic rings. The maximum Gasteiger partial charge on any atom is 0.411 e. The number of benzene rings is 1. The highest BCUT2D eigenvalue weighted by Crippen LogP contribution is 2.24. The van der Waals surface area contributed by atoms with Gasteiger partial charge in [0.05, 0.1) is 11.5 Å². The number of unbranched alkanes of at least 4 members (excludes halogenated alkanes) is 10. The lowest BCUT2D eigenvalue weighted by molar-refractivity contribution is 0.168. The van der Waals surface area contributed by atoms with Gasteiger partial charge in [0.25, 0.3) is 0 Å². The van der Waals surface area contributed by atoms with Crippen molar-refractivity contribution in [1.29, 1.82) is 0 Å². The van der Waals surface area contributed by atoms with Gasteiger partial charge in [0.2, 0.25) is 10.0 Å². The molecule has 1 aromatic rings. The zero-order valence-corrected chi connectivity index (χ0v) is 22.0. The Morgan fingerprint density at radius 2 is 1.56 bits per heavy atom. The van der Waals surface area contributed by atoms with Crippen LogP contribution in [0.2, 0.25) is 0 Å².